The summed E-state index contributed by atoms with van der Waals surface area (Å²) >= 11 is 0. The molecule has 0 atom stereocenters. The number of carbonyl (C=O) groups excluding carboxylic acids is 1. The number of carbonyl (C=O) groups is 1. The fourth-order valence-electron chi connectivity index (χ4n) is 3.16. The molecule has 4 rings (SSSR count). The summed E-state index contributed by atoms with van der Waals surface area (Å²) in [6.45, 7) is 4.34. The molecule has 0 fully saturated rings. The molecule has 0 aliphatic carbocycles. The lowest BCUT2D eigenvalue weighted by Gasteiger charge is -2.12. The van der Waals surface area contributed by atoms with E-state index in [0.717, 1.165) is 17.7 Å². The minimum atomic E-state index is -0.291. The van der Waals surface area contributed by atoms with Crippen LogP contribution in [-0.4, -0.2) is 39.5 Å². The van der Waals surface area contributed by atoms with Crippen LogP contribution in [0.1, 0.15) is 5.56 Å². The van der Waals surface area contributed by atoms with Crippen molar-refractivity contribution >= 4 is 28.7 Å². The number of fused-ring (bicyclic) bond motifs is 1. The monoisotopic (exact) mass is 428 g/mol. The van der Waals surface area contributed by atoms with Crippen molar-refractivity contribution in [2.45, 2.75) is 6.54 Å². The molecule has 0 spiro atoms. The van der Waals surface area contributed by atoms with Crippen LogP contribution in [0.15, 0.2) is 79.5 Å². The van der Waals surface area contributed by atoms with Gasteiger partial charge in [0.05, 0.1) is 0 Å². The van der Waals surface area contributed by atoms with Crippen molar-refractivity contribution in [2.24, 2.45) is 0 Å². The fourth-order valence-corrected chi connectivity index (χ4v) is 3.16. The predicted molar refractivity (Wildman–Crippen MR) is 125 cm³/mol. The first-order valence-electron chi connectivity index (χ1n) is 10.1. The van der Waals surface area contributed by atoms with Crippen LogP contribution in [0.5, 0.6) is 11.6 Å². The molecule has 2 aromatic carbocycles. The predicted octanol–water partition coefficient (Wildman–Crippen LogP) is 4.45. The molecule has 8 heteroatoms. The number of nitrogens with one attached hydrogen (secondary N) is 2. The van der Waals surface area contributed by atoms with Gasteiger partial charge in [0, 0.05) is 30.2 Å². The van der Waals surface area contributed by atoms with Crippen LogP contribution in [0.4, 0.5) is 17.3 Å². The number of hydrogen-bond acceptors (Lipinski definition) is 6. The third kappa shape index (κ3) is 5.11. The van der Waals surface area contributed by atoms with Gasteiger partial charge in [-0.15, -0.1) is 5.10 Å². The molecule has 0 radical (unpaired) electrons. The number of benzene rings is 2. The van der Waals surface area contributed by atoms with E-state index in [1.54, 1.807) is 28.8 Å². The molecule has 4 aromatic rings. The van der Waals surface area contributed by atoms with Crippen molar-refractivity contribution in [3.05, 3.63) is 85.1 Å². The Morgan fingerprint density at radius 2 is 1.94 bits per heavy atom. The topological polar surface area (TPSA) is 83.8 Å². The zero-order valence-corrected chi connectivity index (χ0v) is 17.9. The van der Waals surface area contributed by atoms with Gasteiger partial charge in [-0.05, 0) is 62.1 Å². The molecule has 2 heterocycles. The van der Waals surface area contributed by atoms with E-state index in [9.17, 15) is 4.79 Å². The van der Waals surface area contributed by atoms with E-state index in [-0.39, 0.29) is 5.91 Å². The van der Waals surface area contributed by atoms with Crippen molar-refractivity contribution < 1.29 is 9.53 Å². The average molecular weight is 428 g/mol. The maximum atomic E-state index is 11.6. The molecule has 0 aliphatic rings. The van der Waals surface area contributed by atoms with E-state index in [0.29, 0.717) is 23.3 Å². The van der Waals surface area contributed by atoms with Crippen LogP contribution in [0.25, 0.3) is 5.52 Å². The molecule has 2 aromatic heterocycles. The molecule has 8 nitrogen and oxygen atoms in total. The van der Waals surface area contributed by atoms with Gasteiger partial charge in [0.15, 0.2) is 0 Å². The summed E-state index contributed by atoms with van der Waals surface area (Å²) < 4.78 is 7.76. The van der Waals surface area contributed by atoms with E-state index in [2.05, 4.69) is 44.3 Å². The van der Waals surface area contributed by atoms with Crippen molar-refractivity contribution in [2.75, 3.05) is 24.7 Å². The fraction of sp³-hybridized carbons (Fsp3) is 0.125. The highest BCUT2D eigenvalue weighted by atomic mass is 16.5. The summed E-state index contributed by atoms with van der Waals surface area (Å²) in [6.07, 6.45) is 3.04. The molecule has 0 aliphatic heterocycles. The Labute approximate surface area is 186 Å². The van der Waals surface area contributed by atoms with Gasteiger partial charge < -0.3 is 20.3 Å². The largest absolute Gasteiger partial charge is 0.437 e. The lowest BCUT2D eigenvalue weighted by Crippen LogP contribution is -2.10. The lowest BCUT2D eigenvalue weighted by atomic mass is 10.2. The summed E-state index contributed by atoms with van der Waals surface area (Å²) in [7, 11) is 4.08. The van der Waals surface area contributed by atoms with Crippen molar-refractivity contribution in [1.29, 1.82) is 0 Å². The Bertz CT molecular complexity index is 1250. The van der Waals surface area contributed by atoms with Gasteiger partial charge in [-0.25, -0.2) is 4.52 Å². The lowest BCUT2D eigenvalue weighted by molar-refractivity contribution is -0.111. The Morgan fingerprint density at radius 3 is 2.69 bits per heavy atom. The Morgan fingerprint density at radius 1 is 1.12 bits per heavy atom. The highest BCUT2D eigenvalue weighted by Gasteiger charge is 2.11. The second-order valence-corrected chi connectivity index (χ2v) is 7.46. The van der Waals surface area contributed by atoms with Crippen LogP contribution in [0.3, 0.4) is 0 Å². The highest BCUT2D eigenvalue weighted by Crippen LogP contribution is 2.28. The molecular weight excluding hydrogens is 404 g/mol. The Balaban J connectivity index is 1.58. The van der Waals surface area contributed by atoms with Crippen LogP contribution in [0.2, 0.25) is 0 Å². The maximum absolute atomic E-state index is 11.6. The van der Waals surface area contributed by atoms with E-state index < -0.39 is 0 Å². The third-order valence-electron chi connectivity index (χ3n) is 4.57. The Kier molecular flexibility index (Phi) is 6.14. The van der Waals surface area contributed by atoms with Gasteiger partial charge in [-0.2, -0.15) is 4.98 Å². The van der Waals surface area contributed by atoms with E-state index >= 15 is 0 Å². The summed E-state index contributed by atoms with van der Waals surface area (Å²) in [5.41, 5.74) is 3.41. The number of rotatable bonds is 8. The molecule has 32 heavy (non-hydrogen) atoms. The maximum Gasteiger partial charge on any atom is 0.248 e. The molecule has 2 N–H and O–H groups in total. The minimum absolute atomic E-state index is 0.291. The number of nitrogens with zero attached hydrogens (tertiary/aromatic N) is 4. The molecule has 0 saturated carbocycles. The second kappa shape index (κ2) is 9.32. The van der Waals surface area contributed by atoms with Crippen LogP contribution < -0.4 is 15.4 Å². The standard InChI is InChI=1S/C24H24N6O2/c1-4-22(31)25-19-7-5-8-20(15-19)32-23-21-9-6-14-30(21)28-24(27-23)26-18-12-10-17(11-13-18)16-29(2)3/h4-15H,1,16H2,2-3H3,(H,25,31)(H,26,28). The van der Waals surface area contributed by atoms with Crippen LogP contribution in [0, 0.1) is 0 Å². The number of ether oxygens (including phenoxy) is 1. The number of anilines is 3. The first-order valence-corrected chi connectivity index (χ1v) is 10.1. The first-order chi connectivity index (χ1) is 15.5. The smallest absolute Gasteiger partial charge is 0.248 e. The molecule has 0 saturated heterocycles. The number of amides is 1. The normalized spacial score (nSPS) is 10.8. The quantitative estimate of drug-likeness (QED) is 0.404. The van der Waals surface area contributed by atoms with Gasteiger partial charge in [-0.1, -0.05) is 24.8 Å². The SMILES string of the molecule is C=CC(=O)Nc1cccc(Oc2nc(Nc3ccc(CN(C)C)cc3)nn3cccc23)c1. The van der Waals surface area contributed by atoms with E-state index in [1.165, 1.54) is 11.6 Å². The van der Waals surface area contributed by atoms with E-state index in [4.69, 9.17) is 4.74 Å². The molecular formula is C24H24N6O2. The van der Waals surface area contributed by atoms with Crippen molar-refractivity contribution in [3.8, 4) is 11.6 Å². The molecule has 0 bridgehead atoms. The van der Waals surface area contributed by atoms with Gasteiger partial charge in [0.25, 0.3) is 0 Å². The van der Waals surface area contributed by atoms with Crippen LogP contribution in [-0.2, 0) is 11.3 Å². The Hall–Kier alpha value is -4.17. The summed E-state index contributed by atoms with van der Waals surface area (Å²) in [5.74, 6) is 1.04. The highest BCUT2D eigenvalue weighted by molar-refractivity contribution is 5.98. The average Bonchev–Trinajstić information content (AvgIpc) is 3.24. The zero-order chi connectivity index (χ0) is 22.5. The molecule has 162 valence electrons. The molecule has 1 amide bonds. The molecule has 0 unspecified atom stereocenters. The summed E-state index contributed by atoms with van der Waals surface area (Å²) in [5, 5.41) is 10.5. The van der Waals surface area contributed by atoms with Crippen LogP contribution >= 0.6 is 0 Å². The van der Waals surface area contributed by atoms with E-state index in [1.807, 2.05) is 44.6 Å². The first kappa shape index (κ1) is 21.1. The second-order valence-electron chi connectivity index (χ2n) is 7.46. The van der Waals surface area contributed by atoms with Gasteiger partial charge in [0.1, 0.15) is 11.3 Å². The number of hydrogen-bond donors (Lipinski definition) is 2. The number of aromatic nitrogens is 3. The minimum Gasteiger partial charge on any atom is -0.437 e. The zero-order valence-electron chi connectivity index (χ0n) is 17.9. The summed E-state index contributed by atoms with van der Waals surface area (Å²) in [6, 6.07) is 18.9. The van der Waals surface area contributed by atoms with Crippen molar-refractivity contribution in [1.82, 2.24) is 19.5 Å². The third-order valence-corrected chi connectivity index (χ3v) is 4.57. The van der Waals surface area contributed by atoms with Crippen molar-refractivity contribution in [3.63, 3.8) is 0 Å². The van der Waals surface area contributed by atoms with Gasteiger partial charge in [-0.3, -0.25) is 4.79 Å². The van der Waals surface area contributed by atoms with Gasteiger partial charge in [0.2, 0.25) is 17.7 Å². The van der Waals surface area contributed by atoms with Gasteiger partial charge >= 0.3 is 0 Å². The summed E-state index contributed by atoms with van der Waals surface area (Å²) in [4.78, 5) is 18.3.